The molecule has 0 aliphatic carbocycles. The Morgan fingerprint density at radius 2 is 1.93 bits per heavy atom. The van der Waals surface area contributed by atoms with E-state index >= 15 is 0 Å². The van der Waals surface area contributed by atoms with Gasteiger partial charge in [0.2, 0.25) is 0 Å². The van der Waals surface area contributed by atoms with E-state index in [9.17, 15) is 18.0 Å². The van der Waals surface area contributed by atoms with E-state index in [1.54, 1.807) is 8.17 Å². The zero-order valence-corrected chi connectivity index (χ0v) is 9.54. The van der Waals surface area contributed by atoms with Crippen LogP contribution in [0.4, 0.5) is 13.2 Å². The molecule has 84 valence electrons. The van der Waals surface area contributed by atoms with Crippen molar-refractivity contribution in [1.82, 2.24) is 0 Å². The molecule has 2 nitrogen and oxygen atoms in total. The zero-order valence-electron chi connectivity index (χ0n) is 7.38. The summed E-state index contributed by atoms with van der Waals surface area (Å²) in [4.78, 5) is 10.7. The fraction of sp³-hybridized carbons (Fsp3) is 0.222. The summed E-state index contributed by atoms with van der Waals surface area (Å²) in [7, 11) is 0. The Labute approximate surface area is 94.4 Å². The van der Waals surface area contributed by atoms with Crippen molar-refractivity contribution in [3.8, 4) is 0 Å². The molecule has 1 aliphatic heterocycles. The molecule has 0 saturated carbocycles. The second-order valence-corrected chi connectivity index (χ2v) is 4.90. The van der Waals surface area contributed by atoms with Crippen molar-refractivity contribution >= 4 is 5.97 Å². The maximum atomic E-state index is 12.1. The van der Waals surface area contributed by atoms with E-state index in [0.29, 0.717) is 0 Å². The first-order valence-corrected chi connectivity index (χ1v) is 6.37. The summed E-state index contributed by atoms with van der Waals surface area (Å²) in [6.45, 7) is 0. The number of alkyl halides is 3. The average Bonchev–Trinajstić information content (AvgIpc) is 2.26. The number of rotatable bonds is 2. The van der Waals surface area contributed by atoms with Crippen LogP contribution < -0.4 is 21.2 Å². The zero-order chi connectivity index (χ0) is 11.5. The van der Waals surface area contributed by atoms with Crippen molar-refractivity contribution in [2.75, 3.05) is 0 Å². The average molecular weight is 331 g/mol. The summed E-state index contributed by atoms with van der Waals surface area (Å²) in [5.41, 5.74) is -0.441. The molecule has 1 rings (SSSR count). The summed E-state index contributed by atoms with van der Waals surface area (Å²) < 4.78 is 39.6. The Morgan fingerprint density at radius 1 is 1.33 bits per heavy atom. The fourth-order valence-corrected chi connectivity index (χ4v) is 2.48. The molecule has 0 aromatic rings. The predicted molar refractivity (Wildman–Crippen MR) is 43.6 cm³/mol. The monoisotopic (exact) mass is 331 g/mol. The molecule has 0 fully saturated rings. The second-order valence-electron chi connectivity index (χ2n) is 2.75. The number of hydrogen-bond donors (Lipinski definition) is 1. The van der Waals surface area contributed by atoms with Crippen LogP contribution in [0.5, 0.6) is 0 Å². The van der Waals surface area contributed by atoms with E-state index < -0.39 is 39.8 Å². The standard InChI is InChI=1S/C9H7F3IO2/c10-9(11,12)5-6-1-3-13-4-2-7(6)8(14)15/h1-4H,5H2,(H,14,15)/q-1. The van der Waals surface area contributed by atoms with Gasteiger partial charge in [0.25, 0.3) is 0 Å². The van der Waals surface area contributed by atoms with Gasteiger partial charge in [-0.2, -0.15) is 0 Å². The van der Waals surface area contributed by atoms with Gasteiger partial charge in [0, 0.05) is 0 Å². The first-order valence-electron chi connectivity index (χ1n) is 3.88. The van der Waals surface area contributed by atoms with Crippen molar-refractivity contribution in [2.24, 2.45) is 0 Å². The van der Waals surface area contributed by atoms with E-state index in [1.165, 1.54) is 12.2 Å². The molecule has 15 heavy (non-hydrogen) atoms. The molecule has 0 amide bonds. The number of carbonyl (C=O) groups is 1. The van der Waals surface area contributed by atoms with Crippen LogP contribution in [0, 0.1) is 0 Å². The number of aliphatic carboxylic acids is 1. The topological polar surface area (TPSA) is 37.3 Å². The summed E-state index contributed by atoms with van der Waals surface area (Å²) >= 11 is -0.469. The van der Waals surface area contributed by atoms with Crippen LogP contribution in [-0.2, 0) is 4.79 Å². The third-order valence-electron chi connectivity index (χ3n) is 1.61. The molecule has 0 spiro atoms. The van der Waals surface area contributed by atoms with Crippen LogP contribution in [0.3, 0.4) is 0 Å². The van der Waals surface area contributed by atoms with Gasteiger partial charge in [0.05, 0.1) is 0 Å². The molecule has 0 aromatic carbocycles. The summed E-state index contributed by atoms with van der Waals surface area (Å²) in [5, 5.41) is 8.73. The van der Waals surface area contributed by atoms with Crippen LogP contribution in [0.2, 0.25) is 0 Å². The van der Waals surface area contributed by atoms with Gasteiger partial charge in [-0.05, 0) is 0 Å². The Hall–Kier alpha value is -0.790. The normalized spacial score (nSPS) is 17.3. The quantitative estimate of drug-likeness (QED) is 0.690. The van der Waals surface area contributed by atoms with Crippen LogP contribution in [0.15, 0.2) is 31.5 Å². The number of carboxylic acid groups (broad SMARTS) is 1. The minimum absolute atomic E-state index is 0.177. The molecule has 1 aliphatic rings. The van der Waals surface area contributed by atoms with Gasteiger partial charge in [-0.15, -0.1) is 0 Å². The van der Waals surface area contributed by atoms with E-state index in [0.717, 1.165) is 0 Å². The first-order chi connectivity index (χ1) is 6.90. The molecule has 0 unspecified atom stereocenters. The van der Waals surface area contributed by atoms with Gasteiger partial charge in [0.15, 0.2) is 0 Å². The number of allylic oxidation sites excluding steroid dienone is 2. The summed E-state index contributed by atoms with van der Waals surface area (Å²) in [6.07, 6.45) is -3.04. The van der Waals surface area contributed by atoms with Crippen LogP contribution >= 0.6 is 0 Å². The predicted octanol–water partition coefficient (Wildman–Crippen LogP) is -0.550. The van der Waals surface area contributed by atoms with E-state index in [4.69, 9.17) is 5.11 Å². The Morgan fingerprint density at radius 3 is 2.47 bits per heavy atom. The van der Waals surface area contributed by atoms with E-state index in [-0.39, 0.29) is 11.1 Å². The van der Waals surface area contributed by atoms with Gasteiger partial charge < -0.3 is 0 Å². The van der Waals surface area contributed by atoms with E-state index in [1.807, 2.05) is 0 Å². The molecule has 1 heterocycles. The van der Waals surface area contributed by atoms with Crippen molar-refractivity contribution in [2.45, 2.75) is 12.6 Å². The molecule has 1 N–H and O–H groups in total. The van der Waals surface area contributed by atoms with Crippen molar-refractivity contribution in [1.29, 1.82) is 0 Å². The number of hydrogen-bond acceptors (Lipinski definition) is 1. The van der Waals surface area contributed by atoms with Gasteiger partial charge >= 0.3 is 94.3 Å². The van der Waals surface area contributed by atoms with Crippen LogP contribution in [0.1, 0.15) is 6.42 Å². The van der Waals surface area contributed by atoms with Gasteiger partial charge in [-0.3, -0.25) is 0 Å². The van der Waals surface area contributed by atoms with Gasteiger partial charge in [-0.1, -0.05) is 0 Å². The Balaban J connectivity index is 3.05. The maximum absolute atomic E-state index is 12.1. The summed E-state index contributed by atoms with van der Waals surface area (Å²) in [5.74, 6) is -1.32. The molecule has 0 saturated heterocycles. The molecule has 0 aromatic heterocycles. The van der Waals surface area contributed by atoms with Crippen molar-refractivity contribution in [3.63, 3.8) is 0 Å². The van der Waals surface area contributed by atoms with Crippen LogP contribution in [0.25, 0.3) is 0 Å². The molecular formula is C9H7F3IO2-. The Bertz CT molecular complexity index is 353. The first kappa shape index (κ1) is 12.3. The number of halogens is 4. The van der Waals surface area contributed by atoms with Crippen molar-refractivity contribution in [3.05, 3.63) is 31.5 Å². The Kier molecular flexibility index (Phi) is 3.95. The third-order valence-corrected chi connectivity index (χ3v) is 3.16. The summed E-state index contributed by atoms with van der Waals surface area (Å²) in [6, 6.07) is 0. The molecule has 0 bridgehead atoms. The SMILES string of the molecule is O=C(O)C1=C(CC(F)(F)F)C=C[I-]C=C1. The minimum atomic E-state index is -4.38. The second kappa shape index (κ2) is 4.82. The van der Waals surface area contributed by atoms with Gasteiger partial charge in [0.1, 0.15) is 0 Å². The fourth-order valence-electron chi connectivity index (χ4n) is 1.03. The van der Waals surface area contributed by atoms with E-state index in [2.05, 4.69) is 0 Å². The van der Waals surface area contributed by atoms with Crippen LogP contribution in [-0.4, -0.2) is 17.3 Å². The number of carboxylic acids is 1. The van der Waals surface area contributed by atoms with Gasteiger partial charge in [-0.25, -0.2) is 0 Å². The molecule has 0 radical (unpaired) electrons. The molecule has 6 heteroatoms. The van der Waals surface area contributed by atoms with Crippen molar-refractivity contribution < 1.29 is 44.3 Å². The molecule has 0 atom stereocenters. The molecular weight excluding hydrogens is 324 g/mol. The third kappa shape index (κ3) is 4.06.